The first-order valence-corrected chi connectivity index (χ1v) is 8.58. The van der Waals surface area contributed by atoms with Crippen LogP contribution in [-0.2, 0) is 14.3 Å². The molecule has 0 amide bonds. The Bertz CT molecular complexity index is 522. The average Bonchev–Trinajstić information content (AvgIpc) is 2.60. The van der Waals surface area contributed by atoms with Crippen LogP contribution in [0.5, 0.6) is 5.75 Å². The Hall–Kier alpha value is -1.66. The number of hydrogen-bond donors (Lipinski definition) is 1. The molecule has 1 aromatic rings. The highest BCUT2D eigenvalue weighted by Crippen LogP contribution is 2.24. The summed E-state index contributed by atoms with van der Waals surface area (Å²) in [6.07, 6.45) is 1.94. The molecular weight excluding hydrogens is 313 g/mol. The number of esters is 1. The van der Waals surface area contributed by atoms with Gasteiger partial charge < -0.3 is 19.9 Å². The predicted octanol–water partition coefficient (Wildman–Crippen LogP) is 2.09. The van der Waals surface area contributed by atoms with Gasteiger partial charge in [0.05, 0.1) is 0 Å². The van der Waals surface area contributed by atoms with Gasteiger partial charge in [0.1, 0.15) is 29.9 Å². The van der Waals surface area contributed by atoms with Crippen molar-refractivity contribution in [3.63, 3.8) is 0 Å². The minimum atomic E-state index is -0.433. The molecule has 134 valence electrons. The Labute approximate surface area is 142 Å². The topological polar surface area (TPSA) is 72.4 Å². The van der Waals surface area contributed by atoms with Gasteiger partial charge in [0.25, 0.3) is 0 Å². The third kappa shape index (κ3) is 5.18. The molecule has 24 heavy (non-hydrogen) atoms. The number of cyclic esters (lactones) is 1. The molecule has 0 aliphatic carbocycles. The fourth-order valence-corrected chi connectivity index (χ4v) is 2.81. The highest BCUT2D eigenvalue weighted by molar-refractivity contribution is 5.74. The average molecular weight is 340 g/mol. The number of rotatable bonds is 5. The summed E-state index contributed by atoms with van der Waals surface area (Å²) < 4.78 is 30.6. The lowest BCUT2D eigenvalue weighted by atomic mass is 10.0. The van der Waals surface area contributed by atoms with Crippen LogP contribution >= 0.6 is 0 Å². The van der Waals surface area contributed by atoms with Crippen molar-refractivity contribution in [2.24, 2.45) is 0 Å². The SMILES string of the molecule is CCCO[C@H]1[C@H](C)OC(=O)[C@@H]([NH3+])CCC[C@@H]1Oc1ccc(F)cc1. The molecule has 1 heterocycles. The first-order valence-electron chi connectivity index (χ1n) is 8.58. The highest BCUT2D eigenvalue weighted by Gasteiger charge is 2.35. The van der Waals surface area contributed by atoms with Gasteiger partial charge in [0.2, 0.25) is 0 Å². The molecule has 2 rings (SSSR count). The summed E-state index contributed by atoms with van der Waals surface area (Å²) in [7, 11) is 0. The van der Waals surface area contributed by atoms with Gasteiger partial charge >= 0.3 is 5.97 Å². The maximum atomic E-state index is 13.1. The lowest BCUT2D eigenvalue weighted by Crippen LogP contribution is -2.65. The van der Waals surface area contributed by atoms with Crippen LogP contribution in [0.25, 0.3) is 0 Å². The lowest BCUT2D eigenvalue weighted by molar-refractivity contribution is -0.410. The number of quaternary nitrogens is 1. The molecule has 1 fully saturated rings. The molecule has 0 spiro atoms. The first-order chi connectivity index (χ1) is 11.5. The number of hydrogen-bond acceptors (Lipinski definition) is 4. The summed E-state index contributed by atoms with van der Waals surface area (Å²) in [5.74, 6) is -0.0247. The second-order valence-corrected chi connectivity index (χ2v) is 6.22. The number of halogens is 1. The van der Waals surface area contributed by atoms with Crippen LogP contribution in [0.3, 0.4) is 0 Å². The number of carbonyl (C=O) groups is 1. The van der Waals surface area contributed by atoms with Crippen molar-refractivity contribution >= 4 is 5.97 Å². The smallest absolute Gasteiger partial charge is 0.365 e. The Kier molecular flexibility index (Phi) is 6.99. The molecule has 1 aliphatic rings. The van der Waals surface area contributed by atoms with Crippen LogP contribution in [0.2, 0.25) is 0 Å². The van der Waals surface area contributed by atoms with Gasteiger partial charge in [-0.2, -0.15) is 0 Å². The Balaban J connectivity index is 2.17. The minimum absolute atomic E-state index is 0.268. The van der Waals surface area contributed by atoms with Crippen molar-refractivity contribution < 1.29 is 29.1 Å². The zero-order valence-corrected chi connectivity index (χ0v) is 14.4. The molecule has 1 aliphatic heterocycles. The highest BCUT2D eigenvalue weighted by atomic mass is 19.1. The van der Waals surface area contributed by atoms with E-state index in [0.29, 0.717) is 18.8 Å². The molecule has 1 saturated heterocycles. The predicted molar refractivity (Wildman–Crippen MR) is 86.9 cm³/mol. The van der Waals surface area contributed by atoms with E-state index in [4.69, 9.17) is 14.2 Å². The first kappa shape index (κ1) is 18.7. The summed E-state index contributed by atoms with van der Waals surface area (Å²) in [6, 6.07) is 5.55. The Morgan fingerprint density at radius 1 is 1.29 bits per heavy atom. The quantitative estimate of drug-likeness (QED) is 0.833. The zero-order chi connectivity index (χ0) is 17.5. The fraction of sp³-hybridized carbons (Fsp3) is 0.611. The minimum Gasteiger partial charge on any atom is -0.488 e. The molecule has 0 aromatic heterocycles. The standard InChI is InChI=1S/C18H26FNO4/c1-3-11-22-17-12(2)23-18(21)15(20)5-4-6-16(17)24-14-9-7-13(19)8-10-14/h7-10,12,15-17H,3-6,11,20H2,1-2H3/p+1/t12-,15-,16-,17-/m0/s1. The summed E-state index contributed by atoms with van der Waals surface area (Å²) >= 11 is 0. The number of carbonyl (C=O) groups excluding carboxylic acids is 1. The molecule has 0 unspecified atom stereocenters. The van der Waals surface area contributed by atoms with Crippen LogP contribution < -0.4 is 10.5 Å². The van der Waals surface area contributed by atoms with Crippen LogP contribution in [0.15, 0.2) is 24.3 Å². The molecule has 5 nitrogen and oxygen atoms in total. The Morgan fingerprint density at radius 2 is 2.00 bits per heavy atom. The van der Waals surface area contributed by atoms with Crippen LogP contribution in [0.1, 0.15) is 39.5 Å². The van der Waals surface area contributed by atoms with Crippen LogP contribution in [0, 0.1) is 5.82 Å². The molecule has 4 atom stereocenters. The van der Waals surface area contributed by atoms with Gasteiger partial charge in [-0.1, -0.05) is 6.92 Å². The van der Waals surface area contributed by atoms with Crippen molar-refractivity contribution in [1.82, 2.24) is 0 Å². The van der Waals surface area contributed by atoms with Gasteiger partial charge in [0.15, 0.2) is 6.04 Å². The second kappa shape index (κ2) is 8.99. The van der Waals surface area contributed by atoms with Crippen molar-refractivity contribution in [2.75, 3.05) is 6.61 Å². The largest absolute Gasteiger partial charge is 0.488 e. The van der Waals surface area contributed by atoms with E-state index in [1.807, 2.05) is 13.8 Å². The normalized spacial score (nSPS) is 28.4. The summed E-state index contributed by atoms with van der Waals surface area (Å²) in [5, 5.41) is 0. The van der Waals surface area contributed by atoms with E-state index >= 15 is 0 Å². The molecule has 1 aromatic carbocycles. The Morgan fingerprint density at radius 3 is 2.67 bits per heavy atom. The monoisotopic (exact) mass is 340 g/mol. The molecule has 6 heteroatoms. The third-order valence-electron chi connectivity index (χ3n) is 4.12. The van der Waals surface area contributed by atoms with E-state index in [9.17, 15) is 9.18 Å². The summed E-state index contributed by atoms with van der Waals surface area (Å²) in [4.78, 5) is 12.0. The van der Waals surface area contributed by atoms with Gasteiger partial charge in [-0.05, 0) is 50.5 Å². The number of benzene rings is 1. The van der Waals surface area contributed by atoms with Crippen molar-refractivity contribution in [3.8, 4) is 5.75 Å². The van der Waals surface area contributed by atoms with Crippen molar-refractivity contribution in [1.29, 1.82) is 0 Å². The zero-order valence-electron chi connectivity index (χ0n) is 14.4. The second-order valence-electron chi connectivity index (χ2n) is 6.22. The van der Waals surface area contributed by atoms with Gasteiger partial charge in [0, 0.05) is 13.0 Å². The molecule has 0 bridgehead atoms. The lowest BCUT2D eigenvalue weighted by Gasteiger charge is -2.31. The molecule has 0 radical (unpaired) electrons. The summed E-state index contributed by atoms with van der Waals surface area (Å²) in [5.41, 5.74) is 3.86. The van der Waals surface area contributed by atoms with E-state index in [0.717, 1.165) is 19.3 Å². The molecule has 0 saturated carbocycles. The van der Waals surface area contributed by atoms with E-state index in [1.54, 1.807) is 12.1 Å². The van der Waals surface area contributed by atoms with Crippen LogP contribution in [0.4, 0.5) is 4.39 Å². The van der Waals surface area contributed by atoms with E-state index < -0.39 is 6.10 Å². The van der Waals surface area contributed by atoms with E-state index in [2.05, 4.69) is 5.73 Å². The third-order valence-corrected chi connectivity index (χ3v) is 4.12. The van der Waals surface area contributed by atoms with Gasteiger partial charge in [-0.3, -0.25) is 0 Å². The van der Waals surface area contributed by atoms with Crippen molar-refractivity contribution in [3.05, 3.63) is 30.1 Å². The summed E-state index contributed by atoms with van der Waals surface area (Å²) in [6.45, 7) is 4.40. The van der Waals surface area contributed by atoms with Crippen molar-refractivity contribution in [2.45, 2.75) is 63.9 Å². The fourth-order valence-electron chi connectivity index (χ4n) is 2.81. The molecular formula is C18H27FNO4+. The maximum absolute atomic E-state index is 13.1. The van der Waals surface area contributed by atoms with Gasteiger partial charge in [-0.25, -0.2) is 9.18 Å². The number of ether oxygens (including phenoxy) is 3. The maximum Gasteiger partial charge on any atom is 0.365 e. The van der Waals surface area contributed by atoms with E-state index in [-0.39, 0.29) is 30.0 Å². The van der Waals surface area contributed by atoms with Crippen LogP contribution in [-0.4, -0.2) is 36.9 Å². The molecule has 3 N–H and O–H groups in total. The van der Waals surface area contributed by atoms with Gasteiger partial charge in [-0.15, -0.1) is 0 Å². The van der Waals surface area contributed by atoms with E-state index in [1.165, 1.54) is 12.1 Å².